The van der Waals surface area contributed by atoms with Crippen LogP contribution in [0.25, 0.3) is 0 Å². The third kappa shape index (κ3) is 5.33. The summed E-state index contributed by atoms with van der Waals surface area (Å²) in [7, 11) is 0. The van der Waals surface area contributed by atoms with Crippen molar-refractivity contribution in [2.45, 2.75) is 26.7 Å². The van der Waals surface area contributed by atoms with Crippen molar-refractivity contribution in [2.75, 3.05) is 5.73 Å². The van der Waals surface area contributed by atoms with Gasteiger partial charge in [0.05, 0.1) is 17.1 Å². The van der Waals surface area contributed by atoms with Gasteiger partial charge in [-0.05, 0) is 54.3 Å². The molecule has 0 radical (unpaired) electrons. The molecule has 0 aliphatic rings. The largest absolute Gasteiger partial charge is 0.397 e. The molecular weight excluding hydrogens is 346 g/mol. The molecule has 142 valence electrons. The van der Waals surface area contributed by atoms with Crippen LogP contribution >= 0.6 is 0 Å². The number of anilines is 1. The molecule has 0 heterocycles. The Labute approximate surface area is 166 Å². The zero-order valence-electron chi connectivity index (χ0n) is 16.3. The van der Waals surface area contributed by atoms with Crippen molar-refractivity contribution in [3.63, 3.8) is 0 Å². The van der Waals surface area contributed by atoms with E-state index in [1.54, 1.807) is 6.07 Å². The quantitative estimate of drug-likeness (QED) is 0.335. The van der Waals surface area contributed by atoms with Crippen LogP contribution in [-0.2, 0) is 6.42 Å². The highest BCUT2D eigenvalue weighted by Crippen LogP contribution is 2.36. The highest BCUT2D eigenvalue weighted by Gasteiger charge is 2.06. The monoisotopic (exact) mass is 371 g/mol. The average molecular weight is 371 g/mol. The van der Waals surface area contributed by atoms with E-state index in [0.29, 0.717) is 23.0 Å². The normalized spacial score (nSPS) is 12.6. The summed E-state index contributed by atoms with van der Waals surface area (Å²) in [5.41, 5.74) is 10.6. The third-order valence-electron chi connectivity index (χ3n) is 4.56. The van der Waals surface area contributed by atoms with Crippen LogP contribution in [0.4, 0.5) is 28.4 Å². The van der Waals surface area contributed by atoms with Crippen molar-refractivity contribution < 1.29 is 0 Å². The van der Waals surface area contributed by atoms with Gasteiger partial charge in [0.15, 0.2) is 0 Å². The number of nitrogens with zero attached hydrogens (tertiary/aromatic N) is 4. The van der Waals surface area contributed by atoms with E-state index in [1.807, 2.05) is 54.6 Å². The van der Waals surface area contributed by atoms with Gasteiger partial charge in [-0.25, -0.2) is 0 Å². The van der Waals surface area contributed by atoms with Gasteiger partial charge in [0, 0.05) is 0 Å². The van der Waals surface area contributed by atoms with E-state index in [0.717, 1.165) is 17.8 Å². The predicted octanol–water partition coefficient (Wildman–Crippen LogP) is 7.69. The number of benzene rings is 3. The molecule has 5 heteroatoms. The van der Waals surface area contributed by atoms with Crippen molar-refractivity contribution in [3.8, 4) is 0 Å². The lowest BCUT2D eigenvalue weighted by molar-refractivity contribution is 0.560. The SMILES string of the molecule is CCC(C)Cc1ccc(/N=N/c2c(N)cccc2/N=N/c2ccccc2)cc1. The number of nitrogen functional groups attached to an aromatic ring is 1. The van der Waals surface area contributed by atoms with Gasteiger partial charge in [0.25, 0.3) is 0 Å². The molecule has 0 aromatic heterocycles. The maximum Gasteiger partial charge on any atom is 0.136 e. The molecule has 0 amide bonds. The van der Waals surface area contributed by atoms with Gasteiger partial charge in [-0.2, -0.15) is 10.2 Å². The van der Waals surface area contributed by atoms with Crippen LogP contribution < -0.4 is 5.73 Å². The molecule has 0 spiro atoms. The second-order valence-corrected chi connectivity index (χ2v) is 6.83. The minimum absolute atomic E-state index is 0.515. The van der Waals surface area contributed by atoms with Gasteiger partial charge in [-0.1, -0.05) is 56.7 Å². The number of hydrogen-bond donors (Lipinski definition) is 1. The maximum absolute atomic E-state index is 6.09. The number of rotatable bonds is 7. The van der Waals surface area contributed by atoms with Crippen molar-refractivity contribution in [1.29, 1.82) is 0 Å². The molecule has 0 saturated heterocycles. The van der Waals surface area contributed by atoms with Crippen molar-refractivity contribution >= 4 is 28.4 Å². The molecule has 5 nitrogen and oxygen atoms in total. The van der Waals surface area contributed by atoms with Crippen LogP contribution in [0.3, 0.4) is 0 Å². The molecular formula is C23H25N5. The van der Waals surface area contributed by atoms with Crippen LogP contribution in [0.1, 0.15) is 25.8 Å². The highest BCUT2D eigenvalue weighted by molar-refractivity contribution is 5.75. The van der Waals surface area contributed by atoms with Crippen molar-refractivity contribution in [3.05, 3.63) is 78.4 Å². The zero-order chi connectivity index (χ0) is 19.8. The molecule has 1 unspecified atom stereocenters. The van der Waals surface area contributed by atoms with E-state index in [-0.39, 0.29) is 0 Å². The van der Waals surface area contributed by atoms with E-state index in [2.05, 4.69) is 46.4 Å². The lowest BCUT2D eigenvalue weighted by Gasteiger charge is -2.08. The minimum Gasteiger partial charge on any atom is -0.397 e. The highest BCUT2D eigenvalue weighted by atomic mass is 15.2. The summed E-state index contributed by atoms with van der Waals surface area (Å²) in [5, 5.41) is 17.2. The van der Waals surface area contributed by atoms with Gasteiger partial charge in [-0.15, -0.1) is 10.2 Å². The zero-order valence-corrected chi connectivity index (χ0v) is 16.3. The Kier molecular flexibility index (Phi) is 6.63. The van der Waals surface area contributed by atoms with Gasteiger partial charge in [-0.3, -0.25) is 0 Å². The number of nitrogens with two attached hydrogens (primary N) is 1. The van der Waals surface area contributed by atoms with Gasteiger partial charge in [0.2, 0.25) is 0 Å². The average Bonchev–Trinajstić information content (AvgIpc) is 2.73. The van der Waals surface area contributed by atoms with Gasteiger partial charge < -0.3 is 5.73 Å². The maximum atomic E-state index is 6.09. The number of hydrogen-bond acceptors (Lipinski definition) is 5. The number of azo groups is 2. The van der Waals surface area contributed by atoms with E-state index in [9.17, 15) is 0 Å². The molecule has 1 atom stereocenters. The Morgan fingerprint density at radius 1 is 0.750 bits per heavy atom. The van der Waals surface area contributed by atoms with Crippen LogP contribution in [0.15, 0.2) is 93.3 Å². The summed E-state index contributed by atoms with van der Waals surface area (Å²) in [5.74, 6) is 0.675. The van der Waals surface area contributed by atoms with Crippen molar-refractivity contribution in [1.82, 2.24) is 0 Å². The van der Waals surface area contributed by atoms with E-state index >= 15 is 0 Å². The molecule has 3 rings (SSSR count). The second kappa shape index (κ2) is 9.55. The fourth-order valence-corrected chi connectivity index (χ4v) is 2.70. The predicted molar refractivity (Wildman–Crippen MR) is 115 cm³/mol. The van der Waals surface area contributed by atoms with Crippen LogP contribution in [0.5, 0.6) is 0 Å². The van der Waals surface area contributed by atoms with Gasteiger partial charge >= 0.3 is 0 Å². The Morgan fingerprint density at radius 2 is 1.43 bits per heavy atom. The van der Waals surface area contributed by atoms with Crippen LogP contribution in [-0.4, -0.2) is 0 Å². The summed E-state index contributed by atoms with van der Waals surface area (Å²) >= 11 is 0. The summed E-state index contributed by atoms with van der Waals surface area (Å²) in [6.45, 7) is 4.47. The smallest absolute Gasteiger partial charge is 0.136 e. The minimum atomic E-state index is 0.515. The molecule has 0 aliphatic carbocycles. The Morgan fingerprint density at radius 3 is 2.14 bits per heavy atom. The first-order chi connectivity index (χ1) is 13.7. The Balaban J connectivity index is 1.79. The Bertz CT molecular complexity index is 946. The van der Waals surface area contributed by atoms with Crippen molar-refractivity contribution in [2.24, 2.45) is 26.4 Å². The lowest BCUT2D eigenvalue weighted by Crippen LogP contribution is -1.96. The Hall–Kier alpha value is -3.34. The topological polar surface area (TPSA) is 75.5 Å². The molecule has 3 aromatic rings. The first kappa shape index (κ1) is 19.4. The molecule has 0 fully saturated rings. The third-order valence-corrected chi connectivity index (χ3v) is 4.56. The first-order valence-corrected chi connectivity index (χ1v) is 9.51. The first-order valence-electron chi connectivity index (χ1n) is 9.51. The summed E-state index contributed by atoms with van der Waals surface area (Å²) in [6.07, 6.45) is 2.25. The molecule has 28 heavy (non-hydrogen) atoms. The summed E-state index contributed by atoms with van der Waals surface area (Å²) in [4.78, 5) is 0. The van der Waals surface area contributed by atoms with Gasteiger partial charge in [0.1, 0.15) is 11.4 Å². The fourth-order valence-electron chi connectivity index (χ4n) is 2.70. The van der Waals surface area contributed by atoms with E-state index in [1.165, 1.54) is 12.0 Å². The molecule has 0 bridgehead atoms. The molecule has 3 aromatic carbocycles. The fraction of sp³-hybridized carbons (Fsp3) is 0.217. The summed E-state index contributed by atoms with van der Waals surface area (Å²) in [6, 6.07) is 23.1. The lowest BCUT2D eigenvalue weighted by atomic mass is 9.99. The standard InChI is InChI=1S/C23H25N5/c1-3-17(2)16-18-12-14-20(15-13-18)26-28-23-21(24)10-7-11-22(23)27-25-19-8-5-4-6-9-19/h4-15,17H,3,16,24H2,1-2H3/b27-25+,28-26+. The second-order valence-electron chi connectivity index (χ2n) is 6.83. The molecule has 0 aliphatic heterocycles. The molecule has 2 N–H and O–H groups in total. The summed E-state index contributed by atoms with van der Waals surface area (Å²) < 4.78 is 0. The van der Waals surface area contributed by atoms with E-state index < -0.39 is 0 Å². The van der Waals surface area contributed by atoms with Crippen LogP contribution in [0, 0.1) is 5.92 Å². The molecule has 0 saturated carbocycles. The van der Waals surface area contributed by atoms with E-state index in [4.69, 9.17) is 5.73 Å². The van der Waals surface area contributed by atoms with Crippen LogP contribution in [0.2, 0.25) is 0 Å².